The molecule has 0 saturated carbocycles. The lowest BCUT2D eigenvalue weighted by molar-refractivity contribution is 0.586. The summed E-state index contributed by atoms with van der Waals surface area (Å²) >= 11 is 0. The number of anilines is 1. The fraction of sp³-hybridized carbons (Fsp3) is 0.571. The van der Waals surface area contributed by atoms with Crippen molar-refractivity contribution in [3.05, 3.63) is 28.8 Å². The van der Waals surface area contributed by atoms with Gasteiger partial charge >= 0.3 is 0 Å². The molecule has 1 rings (SSSR count). The van der Waals surface area contributed by atoms with Gasteiger partial charge in [0.25, 0.3) is 0 Å². The van der Waals surface area contributed by atoms with Gasteiger partial charge in [0.15, 0.2) is 0 Å². The molecule has 0 bridgehead atoms. The molecule has 1 heteroatoms. The third-order valence-electron chi connectivity index (χ3n) is 2.40. The molecule has 0 amide bonds. The van der Waals surface area contributed by atoms with Crippen molar-refractivity contribution in [3.8, 4) is 0 Å². The highest BCUT2D eigenvalue weighted by Gasteiger charge is 2.17. The molecule has 15 heavy (non-hydrogen) atoms. The van der Waals surface area contributed by atoms with Gasteiger partial charge in [0.1, 0.15) is 0 Å². The molecule has 0 saturated heterocycles. The van der Waals surface area contributed by atoms with E-state index in [1.807, 2.05) is 19.9 Å². The van der Waals surface area contributed by atoms with E-state index in [1.54, 1.807) is 0 Å². The Bertz CT molecular complexity index is 319. The standard InChI is InChI=1S/C12H19N.C2H6/c1-8-6-10(12(3,4)5)9(2)11(13)7-8;1-2/h6-7H,13H2,1-5H3;1-2H3. The summed E-state index contributed by atoms with van der Waals surface area (Å²) in [6, 6.07) is 4.26. The maximum absolute atomic E-state index is 5.92. The first kappa shape index (κ1) is 14.0. The zero-order chi connectivity index (χ0) is 12.2. The van der Waals surface area contributed by atoms with Crippen molar-refractivity contribution in [1.82, 2.24) is 0 Å². The van der Waals surface area contributed by atoms with Crippen molar-refractivity contribution in [1.29, 1.82) is 0 Å². The maximum Gasteiger partial charge on any atom is 0.0349 e. The summed E-state index contributed by atoms with van der Waals surface area (Å²) in [4.78, 5) is 0. The van der Waals surface area contributed by atoms with Crippen LogP contribution in [0.25, 0.3) is 0 Å². The number of hydrogen-bond acceptors (Lipinski definition) is 1. The smallest absolute Gasteiger partial charge is 0.0349 e. The minimum atomic E-state index is 0.185. The van der Waals surface area contributed by atoms with Gasteiger partial charge in [0.2, 0.25) is 0 Å². The summed E-state index contributed by atoms with van der Waals surface area (Å²) in [6.07, 6.45) is 0. The Hall–Kier alpha value is -0.980. The third kappa shape index (κ3) is 3.58. The number of hydrogen-bond donors (Lipinski definition) is 1. The van der Waals surface area contributed by atoms with Crippen molar-refractivity contribution in [2.75, 3.05) is 5.73 Å². The summed E-state index contributed by atoms with van der Waals surface area (Å²) in [5.74, 6) is 0. The molecule has 0 spiro atoms. The summed E-state index contributed by atoms with van der Waals surface area (Å²) in [5, 5.41) is 0. The van der Waals surface area contributed by atoms with Crippen LogP contribution in [0.15, 0.2) is 12.1 Å². The Kier molecular flexibility index (Phi) is 4.86. The zero-order valence-corrected chi connectivity index (χ0v) is 11.2. The number of nitrogens with two attached hydrogens (primary N) is 1. The fourth-order valence-corrected chi connectivity index (χ4v) is 1.67. The Morgan fingerprint density at radius 1 is 1.00 bits per heavy atom. The number of nitrogen functional groups attached to an aromatic ring is 1. The van der Waals surface area contributed by atoms with Crippen LogP contribution in [0.1, 0.15) is 51.3 Å². The van der Waals surface area contributed by atoms with Crippen LogP contribution in [0.5, 0.6) is 0 Å². The van der Waals surface area contributed by atoms with E-state index in [9.17, 15) is 0 Å². The first-order chi connectivity index (χ1) is 6.82. The van der Waals surface area contributed by atoms with Crippen molar-refractivity contribution in [2.45, 2.75) is 53.9 Å². The van der Waals surface area contributed by atoms with Gasteiger partial charge in [-0.2, -0.15) is 0 Å². The van der Waals surface area contributed by atoms with E-state index in [2.05, 4.69) is 40.7 Å². The molecule has 0 aliphatic heterocycles. The quantitative estimate of drug-likeness (QED) is 0.634. The van der Waals surface area contributed by atoms with Gasteiger partial charge in [-0.3, -0.25) is 0 Å². The molecule has 0 heterocycles. The lowest BCUT2D eigenvalue weighted by atomic mass is 9.83. The average molecular weight is 207 g/mol. The van der Waals surface area contributed by atoms with Crippen LogP contribution in [0.3, 0.4) is 0 Å². The van der Waals surface area contributed by atoms with Crippen LogP contribution < -0.4 is 5.73 Å². The van der Waals surface area contributed by atoms with E-state index in [0.717, 1.165) is 5.69 Å². The molecule has 0 radical (unpaired) electrons. The summed E-state index contributed by atoms with van der Waals surface area (Å²) in [5.41, 5.74) is 10.8. The van der Waals surface area contributed by atoms with Crippen LogP contribution in [0, 0.1) is 13.8 Å². The van der Waals surface area contributed by atoms with E-state index in [1.165, 1.54) is 16.7 Å². The molecule has 0 fully saturated rings. The topological polar surface area (TPSA) is 26.0 Å². The fourth-order valence-electron chi connectivity index (χ4n) is 1.67. The molecule has 86 valence electrons. The minimum Gasteiger partial charge on any atom is -0.398 e. The summed E-state index contributed by atoms with van der Waals surface area (Å²) in [6.45, 7) is 14.8. The van der Waals surface area contributed by atoms with Crippen LogP contribution in [-0.4, -0.2) is 0 Å². The van der Waals surface area contributed by atoms with Gasteiger partial charge < -0.3 is 5.73 Å². The minimum absolute atomic E-state index is 0.185. The first-order valence-electron chi connectivity index (χ1n) is 5.69. The van der Waals surface area contributed by atoms with Crippen LogP contribution in [0.4, 0.5) is 5.69 Å². The molecule has 1 aromatic carbocycles. The number of benzene rings is 1. The summed E-state index contributed by atoms with van der Waals surface area (Å²) < 4.78 is 0. The molecule has 2 N–H and O–H groups in total. The molecule has 0 atom stereocenters. The monoisotopic (exact) mass is 207 g/mol. The second kappa shape index (κ2) is 5.20. The van der Waals surface area contributed by atoms with Crippen molar-refractivity contribution in [3.63, 3.8) is 0 Å². The lowest BCUT2D eigenvalue weighted by Gasteiger charge is -2.23. The van der Waals surface area contributed by atoms with Crippen LogP contribution in [-0.2, 0) is 5.41 Å². The Balaban J connectivity index is 0.000000921. The van der Waals surface area contributed by atoms with E-state index < -0.39 is 0 Å². The summed E-state index contributed by atoms with van der Waals surface area (Å²) in [7, 11) is 0. The molecular formula is C14H25N. The van der Waals surface area contributed by atoms with Gasteiger partial charge in [-0.05, 0) is 42.0 Å². The van der Waals surface area contributed by atoms with Crippen molar-refractivity contribution in [2.24, 2.45) is 0 Å². The third-order valence-corrected chi connectivity index (χ3v) is 2.40. The van der Waals surface area contributed by atoms with Gasteiger partial charge in [-0.25, -0.2) is 0 Å². The Morgan fingerprint density at radius 3 is 1.87 bits per heavy atom. The second-order valence-electron chi connectivity index (χ2n) is 4.78. The highest BCUT2D eigenvalue weighted by atomic mass is 14.6. The van der Waals surface area contributed by atoms with E-state index in [-0.39, 0.29) is 5.41 Å². The number of rotatable bonds is 0. The molecule has 0 aromatic heterocycles. The molecule has 1 aromatic rings. The second-order valence-corrected chi connectivity index (χ2v) is 4.78. The van der Waals surface area contributed by atoms with Crippen LogP contribution >= 0.6 is 0 Å². The molecule has 0 unspecified atom stereocenters. The van der Waals surface area contributed by atoms with E-state index in [4.69, 9.17) is 5.73 Å². The molecule has 0 aliphatic carbocycles. The number of aryl methyl sites for hydroxylation is 1. The Labute approximate surface area is 94.7 Å². The largest absolute Gasteiger partial charge is 0.398 e. The first-order valence-corrected chi connectivity index (χ1v) is 5.69. The van der Waals surface area contributed by atoms with Crippen LogP contribution in [0.2, 0.25) is 0 Å². The van der Waals surface area contributed by atoms with Crippen molar-refractivity contribution < 1.29 is 0 Å². The van der Waals surface area contributed by atoms with Crippen molar-refractivity contribution >= 4 is 5.69 Å². The highest BCUT2D eigenvalue weighted by Crippen LogP contribution is 2.29. The van der Waals surface area contributed by atoms with E-state index >= 15 is 0 Å². The SMILES string of the molecule is CC.Cc1cc(N)c(C)c(C(C)(C)C)c1. The molecular weight excluding hydrogens is 182 g/mol. The van der Waals surface area contributed by atoms with Gasteiger partial charge in [0.05, 0.1) is 0 Å². The van der Waals surface area contributed by atoms with E-state index in [0.29, 0.717) is 0 Å². The maximum atomic E-state index is 5.92. The lowest BCUT2D eigenvalue weighted by Crippen LogP contribution is -2.14. The Morgan fingerprint density at radius 2 is 1.47 bits per heavy atom. The van der Waals surface area contributed by atoms with Gasteiger partial charge in [-0.15, -0.1) is 0 Å². The molecule has 0 aliphatic rings. The highest BCUT2D eigenvalue weighted by molar-refractivity contribution is 5.54. The average Bonchev–Trinajstić information content (AvgIpc) is 2.13. The predicted octanol–water partition coefficient (Wildman–Crippen LogP) is 4.21. The zero-order valence-electron chi connectivity index (χ0n) is 11.2. The normalized spacial score (nSPS) is 10.6. The molecule has 1 nitrogen and oxygen atoms in total. The predicted molar refractivity (Wildman–Crippen MR) is 70.4 cm³/mol. The van der Waals surface area contributed by atoms with Gasteiger partial charge in [-0.1, -0.05) is 40.7 Å². The van der Waals surface area contributed by atoms with Gasteiger partial charge in [0, 0.05) is 5.69 Å².